The Morgan fingerprint density at radius 2 is 2.00 bits per heavy atom. The molecule has 72 valence electrons. The molecule has 1 heterocycles. The zero-order valence-corrected chi connectivity index (χ0v) is 8.52. The first kappa shape index (κ1) is 10.0. The summed E-state index contributed by atoms with van der Waals surface area (Å²) in [5.74, 6) is 0.566. The molecule has 0 amide bonds. The van der Waals surface area contributed by atoms with E-state index in [-0.39, 0.29) is 5.97 Å². The van der Waals surface area contributed by atoms with Gasteiger partial charge in [-0.3, -0.25) is 0 Å². The molecule has 13 heavy (non-hydrogen) atoms. The number of hydrogen-bond donors (Lipinski definition) is 0. The fourth-order valence-corrected chi connectivity index (χ4v) is 1.22. The van der Waals surface area contributed by atoms with E-state index in [1.165, 1.54) is 6.42 Å². The van der Waals surface area contributed by atoms with Crippen LogP contribution in [-0.2, 0) is 9.53 Å². The van der Waals surface area contributed by atoms with Gasteiger partial charge in [-0.1, -0.05) is 13.3 Å². The lowest BCUT2D eigenvalue weighted by Crippen LogP contribution is -1.94. The Kier molecular flexibility index (Phi) is 3.29. The predicted octanol–water partition coefficient (Wildman–Crippen LogP) is 2.95. The molecular weight excluding hydrogens is 164 g/mol. The van der Waals surface area contributed by atoms with Crippen LogP contribution >= 0.6 is 0 Å². The second kappa shape index (κ2) is 4.26. The zero-order valence-electron chi connectivity index (χ0n) is 8.52. The summed E-state index contributed by atoms with van der Waals surface area (Å²) in [5.41, 5.74) is 1.73. The van der Waals surface area contributed by atoms with Crippen LogP contribution in [0, 0.1) is 0 Å². The van der Waals surface area contributed by atoms with Crippen molar-refractivity contribution in [3.05, 3.63) is 23.0 Å². The van der Waals surface area contributed by atoms with Gasteiger partial charge >= 0.3 is 5.97 Å². The van der Waals surface area contributed by atoms with Gasteiger partial charge in [-0.2, -0.15) is 0 Å². The topological polar surface area (TPSA) is 26.3 Å². The molecule has 0 N–H and O–H groups in total. The van der Waals surface area contributed by atoms with Gasteiger partial charge in [0, 0.05) is 11.1 Å². The number of carbonyl (C=O) groups is 1. The van der Waals surface area contributed by atoms with Crippen LogP contribution in [0.1, 0.15) is 40.0 Å². The van der Waals surface area contributed by atoms with Crippen molar-refractivity contribution in [2.75, 3.05) is 0 Å². The van der Waals surface area contributed by atoms with E-state index in [1.807, 2.05) is 13.0 Å². The number of hydrogen-bond acceptors (Lipinski definition) is 2. The highest BCUT2D eigenvalue weighted by molar-refractivity contribution is 5.93. The van der Waals surface area contributed by atoms with Crippen LogP contribution in [0.5, 0.6) is 0 Å². The average molecular weight is 180 g/mol. The first-order valence-corrected chi connectivity index (χ1v) is 4.77. The first-order valence-electron chi connectivity index (χ1n) is 4.77. The van der Waals surface area contributed by atoms with Crippen molar-refractivity contribution >= 4 is 5.97 Å². The van der Waals surface area contributed by atoms with E-state index in [0.29, 0.717) is 0 Å². The van der Waals surface area contributed by atoms with Gasteiger partial charge in [0.1, 0.15) is 5.76 Å². The van der Waals surface area contributed by atoms with Crippen molar-refractivity contribution in [1.29, 1.82) is 0 Å². The summed E-state index contributed by atoms with van der Waals surface area (Å²) < 4.78 is 5.08. The van der Waals surface area contributed by atoms with E-state index in [9.17, 15) is 4.79 Å². The largest absolute Gasteiger partial charge is 0.423 e. The van der Waals surface area contributed by atoms with Crippen LogP contribution in [0.2, 0.25) is 0 Å². The summed E-state index contributed by atoms with van der Waals surface area (Å²) in [4.78, 5) is 11.1. The lowest BCUT2D eigenvalue weighted by atomic mass is 10.1. The van der Waals surface area contributed by atoms with E-state index < -0.39 is 0 Å². The summed E-state index contributed by atoms with van der Waals surface area (Å²) in [7, 11) is 0. The Morgan fingerprint density at radius 3 is 2.46 bits per heavy atom. The first-order chi connectivity index (χ1) is 6.16. The van der Waals surface area contributed by atoms with Gasteiger partial charge in [0.2, 0.25) is 0 Å². The van der Waals surface area contributed by atoms with Gasteiger partial charge in [0.25, 0.3) is 0 Å². The molecular formula is C11H16O2. The third kappa shape index (κ3) is 2.20. The van der Waals surface area contributed by atoms with E-state index in [1.54, 1.807) is 6.92 Å². The molecule has 1 aliphatic rings. The van der Waals surface area contributed by atoms with Crippen molar-refractivity contribution in [3.63, 3.8) is 0 Å². The third-order valence-electron chi connectivity index (χ3n) is 2.33. The van der Waals surface area contributed by atoms with Crippen molar-refractivity contribution in [2.24, 2.45) is 0 Å². The molecule has 2 heteroatoms. The van der Waals surface area contributed by atoms with Crippen LogP contribution in [0.4, 0.5) is 0 Å². The molecule has 0 unspecified atom stereocenters. The molecule has 0 saturated carbocycles. The van der Waals surface area contributed by atoms with Crippen molar-refractivity contribution in [3.8, 4) is 0 Å². The molecule has 0 radical (unpaired) electrons. The Morgan fingerprint density at radius 1 is 1.31 bits per heavy atom. The number of rotatable bonds is 3. The van der Waals surface area contributed by atoms with Crippen LogP contribution in [-0.4, -0.2) is 5.97 Å². The maximum Gasteiger partial charge on any atom is 0.339 e. The van der Waals surface area contributed by atoms with Gasteiger partial charge in [0.05, 0.1) is 0 Å². The Hall–Kier alpha value is -1.05. The third-order valence-corrected chi connectivity index (χ3v) is 2.33. The number of cyclic esters (lactones) is 1. The Labute approximate surface area is 79.3 Å². The van der Waals surface area contributed by atoms with E-state index in [0.717, 1.165) is 29.7 Å². The van der Waals surface area contributed by atoms with Crippen LogP contribution in [0.15, 0.2) is 23.0 Å². The molecule has 0 fully saturated rings. The van der Waals surface area contributed by atoms with Gasteiger partial charge in [-0.25, -0.2) is 4.79 Å². The average Bonchev–Trinajstić information content (AvgIpc) is 2.34. The molecule has 0 bridgehead atoms. The van der Waals surface area contributed by atoms with Crippen molar-refractivity contribution < 1.29 is 9.53 Å². The van der Waals surface area contributed by atoms with Crippen molar-refractivity contribution in [1.82, 2.24) is 0 Å². The summed E-state index contributed by atoms with van der Waals surface area (Å²) in [6.07, 6.45) is 5.31. The molecule has 0 aromatic rings. The second-order valence-corrected chi connectivity index (χ2v) is 3.35. The maximum atomic E-state index is 11.1. The summed E-state index contributed by atoms with van der Waals surface area (Å²) in [6, 6.07) is 0. The zero-order chi connectivity index (χ0) is 9.84. The highest BCUT2D eigenvalue weighted by atomic mass is 16.5. The molecule has 2 nitrogen and oxygen atoms in total. The SMILES string of the molecule is CCCC/C=C1/OC(=O)C(C)=C1C. The van der Waals surface area contributed by atoms with Gasteiger partial charge in [-0.15, -0.1) is 0 Å². The predicted molar refractivity (Wildman–Crippen MR) is 52.1 cm³/mol. The minimum Gasteiger partial charge on any atom is -0.423 e. The molecule has 0 aromatic carbocycles. The minimum atomic E-state index is -0.194. The molecule has 0 aliphatic carbocycles. The highest BCUT2D eigenvalue weighted by Crippen LogP contribution is 2.25. The quantitative estimate of drug-likeness (QED) is 0.493. The summed E-state index contributed by atoms with van der Waals surface area (Å²) in [5, 5.41) is 0. The summed E-state index contributed by atoms with van der Waals surface area (Å²) >= 11 is 0. The monoisotopic (exact) mass is 180 g/mol. The molecule has 1 rings (SSSR count). The normalized spacial score (nSPS) is 19.9. The number of unbranched alkanes of at least 4 members (excludes halogenated alkanes) is 2. The lowest BCUT2D eigenvalue weighted by Gasteiger charge is -1.98. The van der Waals surface area contributed by atoms with Crippen molar-refractivity contribution in [2.45, 2.75) is 40.0 Å². The number of carbonyl (C=O) groups excluding carboxylic acids is 1. The van der Waals surface area contributed by atoms with Gasteiger partial charge in [-0.05, 0) is 32.8 Å². The molecule has 0 aromatic heterocycles. The highest BCUT2D eigenvalue weighted by Gasteiger charge is 2.22. The summed E-state index contributed by atoms with van der Waals surface area (Å²) in [6.45, 7) is 5.88. The second-order valence-electron chi connectivity index (χ2n) is 3.35. The Bertz CT molecular complexity index is 272. The number of esters is 1. The molecule has 0 saturated heterocycles. The Balaban J connectivity index is 2.64. The van der Waals surface area contributed by atoms with E-state index in [4.69, 9.17) is 4.74 Å². The van der Waals surface area contributed by atoms with E-state index in [2.05, 4.69) is 6.92 Å². The number of ether oxygens (including phenoxy) is 1. The standard InChI is InChI=1S/C11H16O2/c1-4-5-6-7-10-8(2)9(3)11(12)13-10/h7H,4-6H2,1-3H3/b10-7+. The smallest absolute Gasteiger partial charge is 0.339 e. The van der Waals surface area contributed by atoms with Gasteiger partial charge in [0.15, 0.2) is 0 Å². The van der Waals surface area contributed by atoms with Gasteiger partial charge < -0.3 is 4.74 Å². The van der Waals surface area contributed by atoms with Crippen LogP contribution < -0.4 is 0 Å². The molecule has 0 atom stereocenters. The lowest BCUT2D eigenvalue weighted by molar-refractivity contribution is -0.133. The van der Waals surface area contributed by atoms with Crippen LogP contribution in [0.25, 0.3) is 0 Å². The van der Waals surface area contributed by atoms with E-state index >= 15 is 0 Å². The molecule has 1 aliphatic heterocycles. The maximum absolute atomic E-state index is 11.1. The number of allylic oxidation sites excluding steroid dienone is 2. The fourth-order valence-electron chi connectivity index (χ4n) is 1.22. The molecule has 0 spiro atoms. The fraction of sp³-hybridized carbons (Fsp3) is 0.545. The van der Waals surface area contributed by atoms with Crippen LogP contribution in [0.3, 0.4) is 0 Å². The minimum absolute atomic E-state index is 0.194.